The number of ether oxygens (including phenoxy) is 1. The number of aromatic nitrogens is 2. The second-order valence-electron chi connectivity index (χ2n) is 12.7. The number of carbonyl (C=O) groups is 1. The Morgan fingerprint density at radius 2 is 1.75 bits per heavy atom. The van der Waals surface area contributed by atoms with Gasteiger partial charge < -0.3 is 15.0 Å². The Balaban J connectivity index is 1.18. The van der Waals surface area contributed by atoms with E-state index in [-0.39, 0.29) is 23.3 Å². The molecule has 0 radical (unpaired) electrons. The first-order valence-electron chi connectivity index (χ1n) is 14.3. The van der Waals surface area contributed by atoms with Gasteiger partial charge in [0.25, 0.3) is 0 Å². The molecule has 0 unspecified atom stereocenters. The van der Waals surface area contributed by atoms with Gasteiger partial charge >= 0.3 is 0 Å². The molecule has 4 rings (SSSR count). The summed E-state index contributed by atoms with van der Waals surface area (Å²) in [5.74, 6) is 3.67. The van der Waals surface area contributed by atoms with Crippen molar-refractivity contribution in [2.75, 3.05) is 44.7 Å². The highest BCUT2D eigenvalue weighted by molar-refractivity contribution is 5.80. The molecule has 2 saturated carbocycles. The Hall–Kier alpha value is -1.73. The monoisotopic (exact) mass is 499 g/mol. The molecule has 3 fully saturated rings. The maximum atomic E-state index is 12.4. The predicted octanol–water partition coefficient (Wildman–Crippen LogP) is 4.51. The van der Waals surface area contributed by atoms with Crippen LogP contribution in [-0.2, 0) is 14.9 Å². The first-order chi connectivity index (χ1) is 17.1. The van der Waals surface area contributed by atoms with Crippen molar-refractivity contribution in [2.45, 2.75) is 103 Å². The summed E-state index contributed by atoms with van der Waals surface area (Å²) >= 11 is 0. The smallest absolute Gasteiger partial charge is 0.223 e. The fourth-order valence-electron chi connectivity index (χ4n) is 5.70. The van der Waals surface area contributed by atoms with E-state index < -0.39 is 0 Å². The van der Waals surface area contributed by atoms with E-state index in [4.69, 9.17) is 14.7 Å². The van der Waals surface area contributed by atoms with Crippen LogP contribution in [0, 0.1) is 11.8 Å². The molecule has 1 N–H and O–H groups in total. The second kappa shape index (κ2) is 11.8. The van der Waals surface area contributed by atoms with Crippen LogP contribution in [0.25, 0.3) is 0 Å². The molecular weight excluding hydrogens is 450 g/mol. The van der Waals surface area contributed by atoms with E-state index in [0.29, 0.717) is 12.0 Å². The maximum absolute atomic E-state index is 12.4. The molecule has 36 heavy (non-hydrogen) atoms. The number of rotatable bonds is 8. The molecule has 3 aliphatic rings. The van der Waals surface area contributed by atoms with Crippen LogP contribution in [-0.4, -0.2) is 72.8 Å². The first kappa shape index (κ1) is 27.3. The van der Waals surface area contributed by atoms with Gasteiger partial charge in [0.05, 0.1) is 6.10 Å². The maximum Gasteiger partial charge on any atom is 0.223 e. The Bertz CT molecular complexity index is 861. The largest absolute Gasteiger partial charge is 0.381 e. The third kappa shape index (κ3) is 6.97. The Morgan fingerprint density at radius 3 is 2.33 bits per heavy atom. The highest BCUT2D eigenvalue weighted by Gasteiger charge is 2.35. The number of hydrogen-bond donors (Lipinski definition) is 1. The summed E-state index contributed by atoms with van der Waals surface area (Å²) in [7, 11) is 1.74. The van der Waals surface area contributed by atoms with Crippen LogP contribution in [0.2, 0.25) is 0 Å². The average Bonchev–Trinajstić information content (AvgIpc) is 2.82. The van der Waals surface area contributed by atoms with Crippen LogP contribution >= 0.6 is 0 Å². The topological polar surface area (TPSA) is 70.6 Å². The zero-order chi connectivity index (χ0) is 25.9. The van der Waals surface area contributed by atoms with Crippen LogP contribution in [0.1, 0.15) is 97.0 Å². The lowest BCUT2D eigenvalue weighted by Crippen LogP contribution is -2.48. The summed E-state index contributed by atoms with van der Waals surface area (Å²) in [4.78, 5) is 27.3. The lowest BCUT2D eigenvalue weighted by molar-refractivity contribution is -0.133. The number of methoxy groups -OCH3 is 1. The summed E-state index contributed by atoms with van der Waals surface area (Å²) in [6.07, 6.45) is 8.09. The van der Waals surface area contributed by atoms with Crippen molar-refractivity contribution in [1.29, 1.82) is 0 Å². The molecule has 2 heterocycles. The quantitative estimate of drug-likeness (QED) is 0.568. The minimum Gasteiger partial charge on any atom is -0.381 e. The number of piperazine rings is 1. The van der Waals surface area contributed by atoms with E-state index in [0.717, 1.165) is 75.1 Å². The van der Waals surface area contributed by atoms with Gasteiger partial charge in [-0.15, -0.1) is 0 Å². The normalized spacial score (nSPS) is 27.7. The Morgan fingerprint density at radius 1 is 1.08 bits per heavy atom. The SMILES string of the molecule is COC1CC(C(=O)NC2CCC(CCN3CCN(c4cc(C(C)C)nc(C(C)(C)C)n4)CC3)CC2)C1. The van der Waals surface area contributed by atoms with Crippen molar-refractivity contribution in [3.05, 3.63) is 17.6 Å². The van der Waals surface area contributed by atoms with Gasteiger partial charge in [0.1, 0.15) is 11.6 Å². The molecule has 0 spiro atoms. The van der Waals surface area contributed by atoms with Gasteiger partial charge in [-0.05, 0) is 63.3 Å². The first-order valence-corrected chi connectivity index (χ1v) is 14.3. The summed E-state index contributed by atoms with van der Waals surface area (Å²) in [6.45, 7) is 16.5. The van der Waals surface area contributed by atoms with Gasteiger partial charge in [-0.3, -0.25) is 9.69 Å². The summed E-state index contributed by atoms with van der Waals surface area (Å²) in [5, 5.41) is 3.32. The predicted molar refractivity (Wildman–Crippen MR) is 146 cm³/mol. The lowest BCUT2D eigenvalue weighted by Gasteiger charge is -2.37. The molecule has 1 aromatic rings. The second-order valence-corrected chi connectivity index (χ2v) is 12.7. The zero-order valence-corrected chi connectivity index (χ0v) is 23.6. The van der Waals surface area contributed by atoms with Crippen molar-refractivity contribution in [3.8, 4) is 0 Å². The minimum atomic E-state index is -0.0480. The third-order valence-electron chi connectivity index (χ3n) is 8.54. The average molecular weight is 500 g/mol. The molecule has 2 aliphatic carbocycles. The van der Waals surface area contributed by atoms with Crippen LogP contribution in [0.3, 0.4) is 0 Å². The Labute approximate surface area is 218 Å². The van der Waals surface area contributed by atoms with Gasteiger partial charge in [-0.25, -0.2) is 9.97 Å². The number of anilines is 1. The van der Waals surface area contributed by atoms with Gasteiger partial charge in [0, 0.05) is 62.4 Å². The zero-order valence-electron chi connectivity index (χ0n) is 23.6. The molecule has 1 saturated heterocycles. The van der Waals surface area contributed by atoms with E-state index in [9.17, 15) is 4.79 Å². The van der Waals surface area contributed by atoms with E-state index in [1.165, 1.54) is 25.8 Å². The molecular formula is C29H49N5O2. The van der Waals surface area contributed by atoms with Gasteiger partial charge in [0.2, 0.25) is 5.91 Å². The molecule has 0 bridgehead atoms. The van der Waals surface area contributed by atoms with Crippen LogP contribution < -0.4 is 10.2 Å². The lowest BCUT2D eigenvalue weighted by atomic mass is 9.80. The fourth-order valence-corrected chi connectivity index (χ4v) is 5.70. The van der Waals surface area contributed by atoms with Crippen LogP contribution in [0.4, 0.5) is 5.82 Å². The Kier molecular flexibility index (Phi) is 8.92. The van der Waals surface area contributed by atoms with Crippen molar-refractivity contribution in [1.82, 2.24) is 20.2 Å². The summed E-state index contributed by atoms with van der Waals surface area (Å²) in [5.41, 5.74) is 1.10. The van der Waals surface area contributed by atoms with Crippen LogP contribution in [0.5, 0.6) is 0 Å². The highest BCUT2D eigenvalue weighted by atomic mass is 16.5. The van der Waals surface area contributed by atoms with Crippen molar-refractivity contribution in [3.63, 3.8) is 0 Å². The minimum absolute atomic E-state index is 0.0480. The van der Waals surface area contributed by atoms with E-state index >= 15 is 0 Å². The summed E-state index contributed by atoms with van der Waals surface area (Å²) in [6, 6.07) is 2.58. The molecule has 7 heteroatoms. The standard InChI is InChI=1S/C29H49N5O2/c1-20(2)25-19-26(32-28(31-25)29(3,4)5)34-15-13-33(14-16-34)12-11-21-7-9-23(10-8-21)30-27(35)22-17-24(18-22)36-6/h19-24H,7-18H2,1-6H3,(H,30,35). The fraction of sp³-hybridized carbons (Fsp3) is 0.828. The van der Waals surface area contributed by atoms with E-state index in [1.54, 1.807) is 7.11 Å². The van der Waals surface area contributed by atoms with Crippen LogP contribution in [0.15, 0.2) is 6.07 Å². The van der Waals surface area contributed by atoms with Crippen molar-refractivity contribution < 1.29 is 9.53 Å². The van der Waals surface area contributed by atoms with Gasteiger partial charge in [-0.1, -0.05) is 34.6 Å². The number of carbonyl (C=O) groups excluding carboxylic acids is 1. The number of nitrogens with one attached hydrogen (secondary N) is 1. The molecule has 0 atom stereocenters. The highest BCUT2D eigenvalue weighted by Crippen LogP contribution is 2.32. The van der Waals surface area contributed by atoms with Crippen molar-refractivity contribution >= 4 is 11.7 Å². The number of amides is 1. The van der Waals surface area contributed by atoms with E-state index in [1.807, 2.05) is 0 Å². The molecule has 1 aliphatic heterocycles. The summed E-state index contributed by atoms with van der Waals surface area (Å²) < 4.78 is 5.31. The number of nitrogens with zero attached hydrogens (tertiary/aromatic N) is 4. The van der Waals surface area contributed by atoms with E-state index in [2.05, 4.69) is 55.8 Å². The van der Waals surface area contributed by atoms with Gasteiger partial charge in [0.15, 0.2) is 0 Å². The third-order valence-corrected chi connectivity index (χ3v) is 8.54. The molecule has 0 aromatic carbocycles. The molecule has 202 valence electrons. The van der Waals surface area contributed by atoms with Crippen molar-refractivity contribution in [2.24, 2.45) is 11.8 Å². The molecule has 1 amide bonds. The molecule has 7 nitrogen and oxygen atoms in total. The van der Waals surface area contributed by atoms with Gasteiger partial charge in [-0.2, -0.15) is 0 Å². The molecule has 1 aromatic heterocycles. The number of hydrogen-bond acceptors (Lipinski definition) is 6.